The van der Waals surface area contributed by atoms with E-state index in [2.05, 4.69) is 32.0 Å². The zero-order valence-electron chi connectivity index (χ0n) is 22.7. The quantitative estimate of drug-likeness (QED) is 0.363. The molecule has 0 spiro atoms. The largest absolute Gasteiger partial charge is 0.496 e. The van der Waals surface area contributed by atoms with Crippen LogP contribution >= 0.6 is 0 Å². The van der Waals surface area contributed by atoms with E-state index >= 15 is 0 Å². The molecule has 4 aliphatic carbocycles. The first-order valence-corrected chi connectivity index (χ1v) is 13.7. The van der Waals surface area contributed by atoms with Crippen LogP contribution < -0.4 is 20.7 Å². The molecule has 0 saturated heterocycles. The number of ether oxygens (including phenoxy) is 3. The second-order valence-electron chi connectivity index (χ2n) is 11.4. The van der Waals surface area contributed by atoms with Crippen molar-refractivity contribution in [2.75, 3.05) is 51.7 Å². The molecule has 38 heavy (non-hydrogen) atoms. The lowest BCUT2D eigenvalue weighted by Crippen LogP contribution is -2.62. The topological polar surface area (TPSA) is 113 Å². The van der Waals surface area contributed by atoms with E-state index in [0.717, 1.165) is 23.8 Å². The average Bonchev–Trinajstić information content (AvgIpc) is 2.93. The maximum atomic E-state index is 9.72. The summed E-state index contributed by atoms with van der Waals surface area (Å²) in [4.78, 5) is 9.06. The van der Waals surface area contributed by atoms with Gasteiger partial charge in [0.25, 0.3) is 0 Å². The lowest BCUT2D eigenvalue weighted by Gasteiger charge is -2.60. The number of nitrogens with zero attached hydrogens (tertiary/aromatic N) is 3. The van der Waals surface area contributed by atoms with Crippen LogP contribution in [0.4, 0.5) is 11.8 Å². The van der Waals surface area contributed by atoms with Gasteiger partial charge in [0.2, 0.25) is 5.95 Å². The average molecular weight is 521 g/mol. The van der Waals surface area contributed by atoms with Crippen molar-refractivity contribution in [3.8, 4) is 11.8 Å². The Balaban J connectivity index is 1.24. The number of methoxy groups -OCH3 is 3. The molecule has 3 N–H and O–H groups in total. The van der Waals surface area contributed by atoms with Crippen molar-refractivity contribution in [3.05, 3.63) is 41.6 Å². The summed E-state index contributed by atoms with van der Waals surface area (Å²) in [5.74, 6) is 4.04. The summed E-state index contributed by atoms with van der Waals surface area (Å²) in [6, 6.07) is 10.9. The Morgan fingerprint density at radius 1 is 1.05 bits per heavy atom. The standard InChI is InChI=1S/C29H40N6O3/c1-36-16-24(17-37-2)34-26-21-8-19-9-22(26)12-29(10-19,11-21)18-33-27-23(13-30)15-32-28(35-27)31-14-20-6-4-5-7-25(20)38-3/h4-7,15,19,21-22,24,26,34H,8-12,14,16-18H2,1-3H3,(H2,31,32,33,35)/t19?,21-,22+,26?,29?. The van der Waals surface area contributed by atoms with Crippen LogP contribution in [0.2, 0.25) is 0 Å². The minimum atomic E-state index is 0.225. The van der Waals surface area contributed by atoms with E-state index in [1.165, 1.54) is 32.1 Å². The highest BCUT2D eigenvalue weighted by Gasteiger charge is 2.55. The summed E-state index contributed by atoms with van der Waals surface area (Å²) in [6.07, 6.45) is 7.86. The smallest absolute Gasteiger partial charge is 0.224 e. The number of anilines is 2. The van der Waals surface area contributed by atoms with Crippen LogP contribution in [0.5, 0.6) is 5.75 Å². The van der Waals surface area contributed by atoms with E-state index in [1.807, 2.05) is 24.3 Å². The molecule has 4 bridgehead atoms. The third-order valence-electron chi connectivity index (χ3n) is 8.73. The molecule has 3 unspecified atom stereocenters. The van der Waals surface area contributed by atoms with E-state index in [-0.39, 0.29) is 11.5 Å². The van der Waals surface area contributed by atoms with Gasteiger partial charge < -0.3 is 30.2 Å². The SMILES string of the molecule is COCC(COC)NC1[C@@H]2CC3C[C@H]1CC(CNc1nc(NCc4ccccc4OC)ncc1C#N)(C3)C2. The van der Waals surface area contributed by atoms with Gasteiger partial charge >= 0.3 is 0 Å². The van der Waals surface area contributed by atoms with E-state index in [9.17, 15) is 5.26 Å². The number of aromatic nitrogens is 2. The Morgan fingerprint density at radius 2 is 1.79 bits per heavy atom. The van der Waals surface area contributed by atoms with Crippen LogP contribution in [0.25, 0.3) is 0 Å². The van der Waals surface area contributed by atoms with Crippen molar-refractivity contribution < 1.29 is 14.2 Å². The Hall–Kier alpha value is -2.93. The Morgan fingerprint density at radius 3 is 2.47 bits per heavy atom. The number of benzene rings is 1. The molecule has 1 aromatic heterocycles. The predicted octanol–water partition coefficient (Wildman–Crippen LogP) is 3.83. The van der Waals surface area contributed by atoms with Crippen molar-refractivity contribution in [1.82, 2.24) is 15.3 Å². The highest BCUT2D eigenvalue weighted by Crippen LogP contribution is 2.60. The molecule has 2 aromatic rings. The minimum absolute atomic E-state index is 0.225. The monoisotopic (exact) mass is 520 g/mol. The van der Waals surface area contributed by atoms with Crippen molar-refractivity contribution in [1.29, 1.82) is 5.26 Å². The first-order chi connectivity index (χ1) is 18.6. The van der Waals surface area contributed by atoms with Gasteiger partial charge in [0.15, 0.2) is 0 Å². The highest BCUT2D eigenvalue weighted by atomic mass is 16.5. The summed E-state index contributed by atoms with van der Waals surface area (Å²) < 4.78 is 16.3. The van der Waals surface area contributed by atoms with Gasteiger partial charge in [-0.3, -0.25) is 0 Å². The fraction of sp³-hybridized carbons (Fsp3) is 0.621. The van der Waals surface area contributed by atoms with E-state index < -0.39 is 0 Å². The Labute approximate surface area is 225 Å². The molecule has 9 nitrogen and oxygen atoms in total. The highest BCUT2D eigenvalue weighted by molar-refractivity contribution is 5.53. The van der Waals surface area contributed by atoms with Crippen molar-refractivity contribution >= 4 is 11.8 Å². The molecule has 6 rings (SSSR count). The van der Waals surface area contributed by atoms with Crippen molar-refractivity contribution in [2.24, 2.45) is 23.2 Å². The minimum Gasteiger partial charge on any atom is -0.496 e. The predicted molar refractivity (Wildman–Crippen MR) is 146 cm³/mol. The molecule has 1 heterocycles. The molecule has 9 heteroatoms. The molecule has 4 saturated carbocycles. The lowest BCUT2D eigenvalue weighted by molar-refractivity contribution is -0.0760. The number of para-hydroxylation sites is 1. The van der Waals surface area contributed by atoms with Gasteiger partial charge in [-0.25, -0.2) is 4.98 Å². The van der Waals surface area contributed by atoms with Crippen LogP contribution in [-0.2, 0) is 16.0 Å². The van der Waals surface area contributed by atoms with Gasteiger partial charge in [-0.2, -0.15) is 10.2 Å². The van der Waals surface area contributed by atoms with E-state index in [4.69, 9.17) is 14.2 Å². The summed E-state index contributed by atoms with van der Waals surface area (Å²) in [6.45, 7) is 2.70. The number of rotatable bonds is 13. The van der Waals surface area contributed by atoms with Gasteiger partial charge in [-0.05, 0) is 61.3 Å². The third-order valence-corrected chi connectivity index (χ3v) is 8.73. The number of nitriles is 1. The second-order valence-corrected chi connectivity index (χ2v) is 11.4. The summed E-state index contributed by atoms with van der Waals surface area (Å²) in [7, 11) is 5.17. The Bertz CT molecular complexity index is 1120. The van der Waals surface area contributed by atoms with Crippen LogP contribution in [-0.4, -0.2) is 63.1 Å². The lowest BCUT2D eigenvalue weighted by atomic mass is 9.48. The van der Waals surface area contributed by atoms with E-state index in [0.29, 0.717) is 55.0 Å². The van der Waals surface area contributed by atoms with Gasteiger partial charge in [-0.1, -0.05) is 18.2 Å². The van der Waals surface area contributed by atoms with Crippen LogP contribution in [0.3, 0.4) is 0 Å². The van der Waals surface area contributed by atoms with Crippen LogP contribution in [0.15, 0.2) is 30.5 Å². The van der Waals surface area contributed by atoms with Gasteiger partial charge in [0.05, 0.1) is 32.6 Å². The molecular formula is C29H40N6O3. The second kappa shape index (κ2) is 11.9. The summed E-state index contributed by atoms with van der Waals surface area (Å²) in [5.41, 5.74) is 1.74. The zero-order chi connectivity index (χ0) is 26.5. The molecule has 4 aliphatic rings. The van der Waals surface area contributed by atoms with E-state index in [1.54, 1.807) is 27.5 Å². The molecule has 4 fully saturated rings. The first-order valence-electron chi connectivity index (χ1n) is 13.7. The number of hydrogen-bond acceptors (Lipinski definition) is 9. The van der Waals surface area contributed by atoms with Gasteiger partial charge in [0, 0.05) is 38.9 Å². The van der Waals surface area contributed by atoms with Crippen molar-refractivity contribution in [2.45, 2.75) is 50.7 Å². The summed E-state index contributed by atoms with van der Waals surface area (Å²) >= 11 is 0. The maximum Gasteiger partial charge on any atom is 0.224 e. The fourth-order valence-corrected chi connectivity index (χ4v) is 7.48. The molecule has 5 atom stereocenters. The number of nitrogens with one attached hydrogen (secondary N) is 3. The maximum absolute atomic E-state index is 9.72. The van der Waals surface area contributed by atoms with Crippen LogP contribution in [0, 0.1) is 34.5 Å². The van der Waals surface area contributed by atoms with Gasteiger partial charge in [-0.15, -0.1) is 0 Å². The Kier molecular flexibility index (Phi) is 8.32. The van der Waals surface area contributed by atoms with Gasteiger partial charge in [0.1, 0.15) is 23.2 Å². The molecule has 0 radical (unpaired) electrons. The normalized spacial score (nSPS) is 27.3. The summed E-state index contributed by atoms with van der Waals surface area (Å²) in [5, 5.41) is 20.5. The molecule has 0 aliphatic heterocycles. The third kappa shape index (κ3) is 5.73. The molecule has 1 aromatic carbocycles. The van der Waals surface area contributed by atoms with Crippen molar-refractivity contribution in [3.63, 3.8) is 0 Å². The molecule has 204 valence electrons. The number of hydrogen-bond donors (Lipinski definition) is 3. The fourth-order valence-electron chi connectivity index (χ4n) is 7.48. The molecular weight excluding hydrogens is 480 g/mol. The molecule has 0 amide bonds. The zero-order valence-corrected chi connectivity index (χ0v) is 22.7. The first kappa shape index (κ1) is 26.7. The van der Waals surface area contributed by atoms with Crippen LogP contribution in [0.1, 0.15) is 43.2 Å².